The number of piperazine rings is 1. The molecule has 0 amide bonds. The van der Waals surface area contributed by atoms with Gasteiger partial charge in [0.05, 0.1) is 12.6 Å². The molecule has 1 saturated heterocycles. The fraction of sp³-hybridized carbons (Fsp3) is 0.650. The number of hydrogen-bond donors (Lipinski definition) is 0. The molecule has 7 heteroatoms. The molecule has 1 unspecified atom stereocenters. The number of tetrazole rings is 1. The van der Waals surface area contributed by atoms with Crippen molar-refractivity contribution >= 4 is 0 Å². The molecule has 2 heterocycles. The maximum Gasteiger partial charge on any atom is 0.173 e. The highest BCUT2D eigenvalue weighted by atomic mass is 16.5. The average molecular weight is 373 g/mol. The van der Waals surface area contributed by atoms with Crippen molar-refractivity contribution in [3.05, 3.63) is 35.7 Å². The van der Waals surface area contributed by atoms with Gasteiger partial charge >= 0.3 is 0 Å². The van der Waals surface area contributed by atoms with Gasteiger partial charge in [-0.1, -0.05) is 32.0 Å². The first kappa shape index (κ1) is 19.8. The van der Waals surface area contributed by atoms with Crippen LogP contribution in [-0.4, -0.2) is 69.8 Å². The van der Waals surface area contributed by atoms with Crippen molar-refractivity contribution in [3.63, 3.8) is 0 Å². The predicted octanol–water partition coefficient (Wildman–Crippen LogP) is 2.55. The number of nitrogens with zero attached hydrogens (tertiary/aromatic N) is 6. The minimum atomic E-state index is -0.148. The Bertz CT molecular complexity index is 736. The number of benzene rings is 1. The van der Waals surface area contributed by atoms with Crippen LogP contribution >= 0.6 is 0 Å². The van der Waals surface area contributed by atoms with Gasteiger partial charge in [-0.05, 0) is 43.3 Å². The Hall–Kier alpha value is -1.99. The van der Waals surface area contributed by atoms with E-state index in [2.05, 4.69) is 65.2 Å². The number of hydrogen-bond acceptors (Lipinski definition) is 6. The number of rotatable bonds is 7. The molecule has 148 valence electrons. The lowest BCUT2D eigenvalue weighted by Gasteiger charge is -2.39. The Morgan fingerprint density at radius 2 is 1.81 bits per heavy atom. The maximum atomic E-state index is 5.69. The largest absolute Gasteiger partial charge is 0.496 e. The van der Waals surface area contributed by atoms with Crippen LogP contribution in [0.25, 0.3) is 0 Å². The predicted molar refractivity (Wildman–Crippen MR) is 106 cm³/mol. The van der Waals surface area contributed by atoms with E-state index < -0.39 is 0 Å². The SMILES string of the molecule is CCN1CCN(C(c2ccccc2OC)c2nnnn2C(C)(C)CC)CC1. The minimum absolute atomic E-state index is 0.0269. The third kappa shape index (κ3) is 3.99. The number of aromatic nitrogens is 4. The zero-order valence-corrected chi connectivity index (χ0v) is 17.2. The van der Waals surface area contributed by atoms with Gasteiger partial charge in [0.25, 0.3) is 0 Å². The summed E-state index contributed by atoms with van der Waals surface area (Å²) in [5.74, 6) is 1.76. The molecule has 0 aliphatic carbocycles. The Labute approximate surface area is 162 Å². The second-order valence-electron chi connectivity index (χ2n) is 7.73. The monoisotopic (exact) mass is 372 g/mol. The van der Waals surface area contributed by atoms with Crippen molar-refractivity contribution in [1.82, 2.24) is 30.0 Å². The van der Waals surface area contributed by atoms with E-state index in [1.165, 1.54) is 0 Å². The van der Waals surface area contributed by atoms with Crippen LogP contribution in [0.1, 0.15) is 51.5 Å². The van der Waals surface area contributed by atoms with Crippen LogP contribution < -0.4 is 4.74 Å². The highest BCUT2D eigenvalue weighted by Crippen LogP contribution is 2.35. The van der Waals surface area contributed by atoms with Gasteiger partial charge in [0, 0.05) is 31.7 Å². The summed E-state index contributed by atoms with van der Waals surface area (Å²) in [6, 6.07) is 8.19. The molecule has 1 aliphatic rings. The maximum absolute atomic E-state index is 5.69. The summed E-state index contributed by atoms with van der Waals surface area (Å²) >= 11 is 0. The molecule has 1 aromatic heterocycles. The van der Waals surface area contributed by atoms with E-state index in [0.717, 1.165) is 56.3 Å². The molecule has 1 fully saturated rings. The van der Waals surface area contributed by atoms with E-state index in [9.17, 15) is 0 Å². The summed E-state index contributed by atoms with van der Waals surface area (Å²) < 4.78 is 7.69. The Balaban J connectivity index is 2.06. The molecule has 1 aliphatic heterocycles. The lowest BCUT2D eigenvalue weighted by molar-refractivity contribution is 0.104. The van der Waals surface area contributed by atoms with Gasteiger partial charge in [0.15, 0.2) is 5.82 Å². The smallest absolute Gasteiger partial charge is 0.173 e. The van der Waals surface area contributed by atoms with Crippen molar-refractivity contribution in [2.24, 2.45) is 0 Å². The summed E-state index contributed by atoms with van der Waals surface area (Å²) in [6.45, 7) is 13.9. The number of para-hydroxylation sites is 1. The Morgan fingerprint density at radius 3 is 2.44 bits per heavy atom. The Morgan fingerprint density at radius 1 is 1.11 bits per heavy atom. The molecule has 7 nitrogen and oxygen atoms in total. The van der Waals surface area contributed by atoms with E-state index in [4.69, 9.17) is 4.74 Å². The quantitative estimate of drug-likeness (QED) is 0.744. The van der Waals surface area contributed by atoms with Gasteiger partial charge in [-0.15, -0.1) is 5.10 Å². The zero-order chi connectivity index (χ0) is 19.4. The summed E-state index contributed by atoms with van der Waals surface area (Å²) in [5, 5.41) is 12.9. The number of ether oxygens (including phenoxy) is 1. The summed E-state index contributed by atoms with van der Waals surface area (Å²) in [4.78, 5) is 4.96. The van der Waals surface area contributed by atoms with E-state index in [1.807, 2.05) is 16.8 Å². The third-order valence-corrected chi connectivity index (χ3v) is 5.83. The van der Waals surface area contributed by atoms with Crippen molar-refractivity contribution in [1.29, 1.82) is 0 Å². The number of likely N-dealkylation sites (N-methyl/N-ethyl adjacent to an activating group) is 1. The summed E-state index contributed by atoms with van der Waals surface area (Å²) in [7, 11) is 1.73. The fourth-order valence-electron chi connectivity index (χ4n) is 3.67. The third-order valence-electron chi connectivity index (χ3n) is 5.83. The molecule has 0 N–H and O–H groups in total. The molecule has 2 aromatic rings. The molecule has 0 saturated carbocycles. The lowest BCUT2D eigenvalue weighted by Crippen LogP contribution is -2.48. The molecule has 0 bridgehead atoms. The first-order chi connectivity index (χ1) is 13.0. The molecular formula is C20H32N6O. The highest BCUT2D eigenvalue weighted by molar-refractivity contribution is 5.39. The normalized spacial score (nSPS) is 17.8. The van der Waals surface area contributed by atoms with Crippen LogP contribution in [0.5, 0.6) is 5.75 Å². The van der Waals surface area contributed by atoms with Crippen LogP contribution in [0.4, 0.5) is 0 Å². The van der Waals surface area contributed by atoms with Gasteiger partial charge in [-0.2, -0.15) is 0 Å². The van der Waals surface area contributed by atoms with Gasteiger partial charge in [-0.3, -0.25) is 4.90 Å². The van der Waals surface area contributed by atoms with Crippen LogP contribution in [-0.2, 0) is 5.54 Å². The van der Waals surface area contributed by atoms with E-state index in [1.54, 1.807) is 7.11 Å². The second-order valence-corrected chi connectivity index (χ2v) is 7.73. The standard InChI is InChI=1S/C20H32N6O/c1-6-20(3,4)26-19(21-22-23-26)18(16-10-8-9-11-17(16)27-5)25-14-12-24(7-2)13-15-25/h8-11,18H,6-7,12-15H2,1-5H3. The van der Waals surface area contributed by atoms with Crippen molar-refractivity contribution in [3.8, 4) is 5.75 Å². The van der Waals surface area contributed by atoms with E-state index in [-0.39, 0.29) is 11.6 Å². The van der Waals surface area contributed by atoms with E-state index in [0.29, 0.717) is 0 Å². The second kappa shape index (κ2) is 8.35. The molecular weight excluding hydrogens is 340 g/mol. The van der Waals surface area contributed by atoms with Gasteiger partial charge in [-0.25, -0.2) is 4.68 Å². The van der Waals surface area contributed by atoms with Crippen LogP contribution in [0.15, 0.2) is 24.3 Å². The molecule has 0 radical (unpaired) electrons. The molecule has 1 aromatic carbocycles. The van der Waals surface area contributed by atoms with Gasteiger partial charge in [0.2, 0.25) is 0 Å². The first-order valence-electron chi connectivity index (χ1n) is 9.89. The Kier molecular flexibility index (Phi) is 6.11. The molecule has 1 atom stereocenters. The van der Waals surface area contributed by atoms with Crippen LogP contribution in [0.2, 0.25) is 0 Å². The fourth-order valence-corrected chi connectivity index (χ4v) is 3.67. The lowest BCUT2D eigenvalue weighted by atomic mass is 9.98. The highest BCUT2D eigenvalue weighted by Gasteiger charge is 2.35. The van der Waals surface area contributed by atoms with Crippen LogP contribution in [0, 0.1) is 0 Å². The topological polar surface area (TPSA) is 59.3 Å². The average Bonchev–Trinajstić information content (AvgIpc) is 3.19. The first-order valence-corrected chi connectivity index (χ1v) is 9.89. The molecule has 27 heavy (non-hydrogen) atoms. The van der Waals surface area contributed by atoms with Crippen molar-refractivity contribution < 1.29 is 4.74 Å². The van der Waals surface area contributed by atoms with Crippen molar-refractivity contribution in [2.45, 2.75) is 45.7 Å². The molecule has 0 spiro atoms. The van der Waals surface area contributed by atoms with Gasteiger partial charge < -0.3 is 9.64 Å². The minimum Gasteiger partial charge on any atom is -0.496 e. The summed E-state index contributed by atoms with van der Waals surface area (Å²) in [5.41, 5.74) is 0.970. The van der Waals surface area contributed by atoms with Gasteiger partial charge in [0.1, 0.15) is 11.8 Å². The summed E-state index contributed by atoms with van der Waals surface area (Å²) in [6.07, 6.45) is 0.952. The zero-order valence-electron chi connectivity index (χ0n) is 17.2. The van der Waals surface area contributed by atoms with Crippen molar-refractivity contribution in [2.75, 3.05) is 39.8 Å². The van der Waals surface area contributed by atoms with Crippen LogP contribution in [0.3, 0.4) is 0 Å². The molecule has 3 rings (SSSR count). The van der Waals surface area contributed by atoms with E-state index >= 15 is 0 Å². The number of methoxy groups -OCH3 is 1.